The third-order valence-electron chi connectivity index (χ3n) is 2.60. The molecule has 0 N–H and O–H groups in total. The summed E-state index contributed by atoms with van der Waals surface area (Å²) in [6.45, 7) is 3.74. The highest BCUT2D eigenvalue weighted by Crippen LogP contribution is 2.24. The van der Waals surface area contributed by atoms with Crippen LogP contribution in [0.2, 0.25) is 0 Å². The largest absolute Gasteiger partial charge is 0.468 e. The standard InChI is InChI=1S/C12H14N4O2S/c1-8-6-4-5-7-10(8)16-12(13-14-15-16)19-9(2)11(17)18-3/h4-7,9H,1-3H3. The maximum Gasteiger partial charge on any atom is 0.318 e. The highest BCUT2D eigenvalue weighted by atomic mass is 32.2. The number of esters is 1. The van der Waals surface area contributed by atoms with Gasteiger partial charge < -0.3 is 4.74 Å². The number of thioether (sulfide) groups is 1. The van der Waals surface area contributed by atoms with E-state index in [4.69, 9.17) is 4.74 Å². The summed E-state index contributed by atoms with van der Waals surface area (Å²) in [5, 5.41) is 11.8. The SMILES string of the molecule is COC(=O)C(C)Sc1nnnn1-c1ccccc1C. The molecule has 1 aromatic carbocycles. The van der Waals surface area contributed by atoms with Crippen LogP contribution in [0.4, 0.5) is 0 Å². The van der Waals surface area contributed by atoms with Gasteiger partial charge in [-0.1, -0.05) is 30.0 Å². The molecule has 0 bridgehead atoms. The quantitative estimate of drug-likeness (QED) is 0.625. The summed E-state index contributed by atoms with van der Waals surface area (Å²) in [4.78, 5) is 11.4. The summed E-state index contributed by atoms with van der Waals surface area (Å²) in [6, 6.07) is 7.78. The second-order valence-corrected chi connectivity index (χ2v) is 5.25. The maximum atomic E-state index is 11.4. The van der Waals surface area contributed by atoms with E-state index in [9.17, 15) is 4.79 Å². The van der Waals surface area contributed by atoms with E-state index in [2.05, 4.69) is 15.5 Å². The summed E-state index contributed by atoms with van der Waals surface area (Å²) < 4.78 is 6.32. The number of hydrogen-bond acceptors (Lipinski definition) is 6. The first kappa shape index (κ1) is 13.5. The van der Waals surface area contributed by atoms with Crippen molar-refractivity contribution in [2.45, 2.75) is 24.3 Å². The van der Waals surface area contributed by atoms with Gasteiger partial charge in [0.05, 0.1) is 12.8 Å². The number of carbonyl (C=O) groups excluding carboxylic acids is 1. The van der Waals surface area contributed by atoms with E-state index in [-0.39, 0.29) is 11.2 Å². The molecular formula is C12H14N4O2S. The van der Waals surface area contributed by atoms with Crippen LogP contribution in [-0.4, -0.2) is 38.5 Å². The monoisotopic (exact) mass is 278 g/mol. The van der Waals surface area contributed by atoms with Crippen molar-refractivity contribution in [3.8, 4) is 5.69 Å². The van der Waals surface area contributed by atoms with Crippen LogP contribution in [0.1, 0.15) is 12.5 Å². The van der Waals surface area contributed by atoms with Crippen LogP contribution in [-0.2, 0) is 9.53 Å². The van der Waals surface area contributed by atoms with E-state index in [0.717, 1.165) is 11.3 Å². The van der Waals surface area contributed by atoms with E-state index >= 15 is 0 Å². The number of rotatable bonds is 4. The minimum absolute atomic E-state index is 0.302. The Labute approximate surface area is 115 Å². The topological polar surface area (TPSA) is 69.9 Å². The van der Waals surface area contributed by atoms with Crippen molar-refractivity contribution in [1.82, 2.24) is 20.2 Å². The number of tetrazole rings is 1. The molecule has 0 aliphatic rings. The molecule has 1 atom stereocenters. The second kappa shape index (κ2) is 5.83. The van der Waals surface area contributed by atoms with Crippen LogP contribution in [0, 0.1) is 6.92 Å². The van der Waals surface area contributed by atoms with Crippen LogP contribution >= 0.6 is 11.8 Å². The first-order valence-electron chi connectivity index (χ1n) is 5.72. The number of methoxy groups -OCH3 is 1. The van der Waals surface area contributed by atoms with Gasteiger partial charge in [0.2, 0.25) is 5.16 Å². The Morgan fingerprint density at radius 2 is 2.16 bits per heavy atom. The molecule has 2 aromatic rings. The van der Waals surface area contributed by atoms with Gasteiger partial charge in [-0.3, -0.25) is 4.79 Å². The third kappa shape index (κ3) is 2.93. The molecule has 0 saturated carbocycles. The van der Waals surface area contributed by atoms with Crippen molar-refractivity contribution in [3.05, 3.63) is 29.8 Å². The first-order chi connectivity index (χ1) is 9.13. The third-order valence-corrected chi connectivity index (χ3v) is 3.61. The highest BCUT2D eigenvalue weighted by molar-refractivity contribution is 8.00. The maximum absolute atomic E-state index is 11.4. The number of carbonyl (C=O) groups is 1. The average Bonchev–Trinajstić information content (AvgIpc) is 2.86. The molecule has 19 heavy (non-hydrogen) atoms. The van der Waals surface area contributed by atoms with E-state index in [1.165, 1.54) is 18.9 Å². The molecule has 1 heterocycles. The van der Waals surface area contributed by atoms with Gasteiger partial charge in [-0.25, -0.2) is 0 Å². The lowest BCUT2D eigenvalue weighted by atomic mass is 10.2. The molecule has 0 aliphatic heterocycles. The van der Waals surface area contributed by atoms with E-state index in [0.29, 0.717) is 5.16 Å². The Morgan fingerprint density at radius 3 is 2.84 bits per heavy atom. The lowest BCUT2D eigenvalue weighted by molar-refractivity contribution is -0.139. The molecule has 6 nitrogen and oxygen atoms in total. The van der Waals surface area contributed by atoms with Gasteiger partial charge in [0.1, 0.15) is 5.25 Å². The fourth-order valence-corrected chi connectivity index (χ4v) is 2.40. The molecule has 2 rings (SSSR count). The molecule has 0 fully saturated rings. The number of hydrogen-bond donors (Lipinski definition) is 0. The van der Waals surface area contributed by atoms with E-state index in [1.54, 1.807) is 11.6 Å². The smallest absolute Gasteiger partial charge is 0.318 e. The molecular weight excluding hydrogens is 264 g/mol. The molecule has 100 valence electrons. The summed E-state index contributed by atoms with van der Waals surface area (Å²) in [6.07, 6.45) is 0. The number of aromatic nitrogens is 4. The summed E-state index contributed by atoms with van der Waals surface area (Å²) in [7, 11) is 1.36. The van der Waals surface area contributed by atoms with Crippen molar-refractivity contribution in [2.75, 3.05) is 7.11 Å². The lowest BCUT2D eigenvalue weighted by Crippen LogP contribution is -2.15. The van der Waals surface area contributed by atoms with Crippen molar-refractivity contribution in [3.63, 3.8) is 0 Å². The van der Waals surface area contributed by atoms with Crippen molar-refractivity contribution in [2.24, 2.45) is 0 Å². The molecule has 0 spiro atoms. The van der Waals surface area contributed by atoms with Gasteiger partial charge in [0, 0.05) is 0 Å². The molecule has 0 radical (unpaired) electrons. The Hall–Kier alpha value is -1.89. The number of aryl methyl sites for hydroxylation is 1. The van der Waals surface area contributed by atoms with Gasteiger partial charge in [-0.15, -0.1) is 5.10 Å². The Kier molecular flexibility index (Phi) is 4.16. The molecule has 0 saturated heterocycles. The lowest BCUT2D eigenvalue weighted by Gasteiger charge is -2.09. The Morgan fingerprint density at radius 1 is 1.42 bits per heavy atom. The van der Waals surface area contributed by atoms with Crippen molar-refractivity contribution in [1.29, 1.82) is 0 Å². The van der Waals surface area contributed by atoms with E-state index in [1.807, 2.05) is 31.2 Å². The van der Waals surface area contributed by atoms with Crippen LogP contribution in [0.15, 0.2) is 29.4 Å². The zero-order valence-electron chi connectivity index (χ0n) is 10.9. The normalized spacial score (nSPS) is 12.2. The zero-order chi connectivity index (χ0) is 13.8. The van der Waals surface area contributed by atoms with Crippen LogP contribution in [0.3, 0.4) is 0 Å². The molecule has 0 aliphatic carbocycles. The summed E-state index contributed by atoms with van der Waals surface area (Å²) in [5.74, 6) is -0.302. The summed E-state index contributed by atoms with van der Waals surface area (Å²) >= 11 is 1.27. The predicted octanol–water partition coefficient (Wildman–Crippen LogP) is 1.62. The van der Waals surface area contributed by atoms with Crippen LogP contribution < -0.4 is 0 Å². The number of nitrogens with zero attached hydrogens (tertiary/aromatic N) is 4. The highest BCUT2D eigenvalue weighted by Gasteiger charge is 2.19. The molecule has 1 aromatic heterocycles. The summed E-state index contributed by atoms with van der Waals surface area (Å²) in [5.41, 5.74) is 1.95. The van der Waals surface area contributed by atoms with Crippen molar-refractivity contribution < 1.29 is 9.53 Å². The molecule has 0 amide bonds. The second-order valence-electron chi connectivity index (χ2n) is 3.94. The fraction of sp³-hybridized carbons (Fsp3) is 0.333. The zero-order valence-corrected chi connectivity index (χ0v) is 11.7. The minimum Gasteiger partial charge on any atom is -0.468 e. The first-order valence-corrected chi connectivity index (χ1v) is 6.60. The number of ether oxygens (including phenoxy) is 1. The van der Waals surface area contributed by atoms with Crippen LogP contribution in [0.25, 0.3) is 5.69 Å². The number of benzene rings is 1. The fourth-order valence-electron chi connectivity index (χ4n) is 1.58. The molecule has 7 heteroatoms. The average molecular weight is 278 g/mol. The van der Waals surface area contributed by atoms with Crippen LogP contribution in [0.5, 0.6) is 0 Å². The van der Waals surface area contributed by atoms with Gasteiger partial charge in [0.25, 0.3) is 0 Å². The Balaban J connectivity index is 2.28. The van der Waals surface area contributed by atoms with Gasteiger partial charge in [-0.2, -0.15) is 4.68 Å². The minimum atomic E-state index is -0.362. The van der Waals surface area contributed by atoms with Crippen molar-refractivity contribution >= 4 is 17.7 Å². The Bertz CT molecular complexity index is 585. The predicted molar refractivity (Wildman–Crippen MR) is 71.2 cm³/mol. The van der Waals surface area contributed by atoms with Gasteiger partial charge in [-0.05, 0) is 35.9 Å². The van der Waals surface area contributed by atoms with Gasteiger partial charge >= 0.3 is 5.97 Å². The number of para-hydroxylation sites is 1. The van der Waals surface area contributed by atoms with E-state index < -0.39 is 0 Å². The molecule has 1 unspecified atom stereocenters. The van der Waals surface area contributed by atoms with Gasteiger partial charge in [0.15, 0.2) is 0 Å².